The molecule has 1 aromatic heterocycles. The van der Waals surface area contributed by atoms with Crippen molar-refractivity contribution in [3.8, 4) is 5.75 Å². The van der Waals surface area contributed by atoms with Gasteiger partial charge < -0.3 is 19.4 Å². The molecule has 7 heteroatoms. The zero-order valence-corrected chi connectivity index (χ0v) is 20.2. The lowest BCUT2D eigenvalue weighted by molar-refractivity contribution is -0.125. The zero-order valence-electron chi connectivity index (χ0n) is 20.2. The molecule has 1 heterocycles. The number of ether oxygens (including phenoxy) is 1. The van der Waals surface area contributed by atoms with Gasteiger partial charge >= 0.3 is 0 Å². The Morgan fingerprint density at radius 1 is 1.03 bits per heavy atom. The van der Waals surface area contributed by atoms with Crippen molar-refractivity contribution in [3.05, 3.63) is 65.4 Å². The van der Waals surface area contributed by atoms with Crippen LogP contribution in [0.15, 0.2) is 53.0 Å². The molecule has 0 aliphatic carbocycles. The number of fused-ring (bicyclic) bond motifs is 1. The van der Waals surface area contributed by atoms with Gasteiger partial charge in [0.2, 0.25) is 11.8 Å². The number of amides is 2. The summed E-state index contributed by atoms with van der Waals surface area (Å²) in [5.74, 6) is 0.175. The summed E-state index contributed by atoms with van der Waals surface area (Å²) in [4.78, 5) is 39.3. The Morgan fingerprint density at radius 3 is 2.29 bits per heavy atom. The molecule has 34 heavy (non-hydrogen) atoms. The molecule has 0 bridgehead atoms. The van der Waals surface area contributed by atoms with Gasteiger partial charge in [-0.05, 0) is 61.7 Å². The van der Waals surface area contributed by atoms with Gasteiger partial charge in [0, 0.05) is 31.5 Å². The fourth-order valence-electron chi connectivity index (χ4n) is 3.72. The van der Waals surface area contributed by atoms with Crippen LogP contribution >= 0.6 is 0 Å². The van der Waals surface area contributed by atoms with Gasteiger partial charge in [-0.1, -0.05) is 18.2 Å². The summed E-state index contributed by atoms with van der Waals surface area (Å²) >= 11 is 0. The Balaban J connectivity index is 1.93. The lowest BCUT2D eigenvalue weighted by Gasteiger charge is -2.16. The van der Waals surface area contributed by atoms with E-state index in [-0.39, 0.29) is 29.8 Å². The lowest BCUT2D eigenvalue weighted by Crippen LogP contribution is -2.28. The topological polar surface area (TPSA) is 88.9 Å². The van der Waals surface area contributed by atoms with Crippen LogP contribution in [0.3, 0.4) is 0 Å². The SMILES string of the molecule is CCN(CC)C(=O)C=C(C)c1ccc2oc(C(C)=O)c(NC(=O)Cc3ccc(OC)cc3)c2c1. The molecule has 3 aromatic rings. The van der Waals surface area contributed by atoms with E-state index in [9.17, 15) is 14.4 Å². The van der Waals surface area contributed by atoms with Crippen LogP contribution in [0.25, 0.3) is 16.5 Å². The van der Waals surface area contributed by atoms with E-state index in [4.69, 9.17) is 9.15 Å². The van der Waals surface area contributed by atoms with E-state index in [0.29, 0.717) is 35.5 Å². The van der Waals surface area contributed by atoms with Crippen molar-refractivity contribution in [2.45, 2.75) is 34.1 Å². The smallest absolute Gasteiger partial charge is 0.246 e. The highest BCUT2D eigenvalue weighted by Crippen LogP contribution is 2.34. The minimum atomic E-state index is -0.290. The van der Waals surface area contributed by atoms with E-state index >= 15 is 0 Å². The summed E-state index contributed by atoms with van der Waals surface area (Å²) in [6.45, 7) is 8.39. The maximum Gasteiger partial charge on any atom is 0.246 e. The summed E-state index contributed by atoms with van der Waals surface area (Å²) < 4.78 is 10.9. The Labute approximate surface area is 199 Å². The minimum Gasteiger partial charge on any atom is -0.497 e. The van der Waals surface area contributed by atoms with E-state index in [0.717, 1.165) is 16.7 Å². The van der Waals surface area contributed by atoms with E-state index in [1.807, 2.05) is 45.0 Å². The molecule has 0 aliphatic rings. The van der Waals surface area contributed by atoms with Gasteiger partial charge in [-0.3, -0.25) is 14.4 Å². The average molecular weight is 463 g/mol. The number of rotatable bonds is 9. The predicted octanol–water partition coefficient (Wildman–Crippen LogP) is 5.10. The van der Waals surface area contributed by atoms with Crippen LogP contribution in [0.2, 0.25) is 0 Å². The number of benzene rings is 2. The number of Topliss-reactive ketones (excluding diaryl/α,β-unsaturated/α-hetero) is 1. The van der Waals surface area contributed by atoms with Gasteiger partial charge in [0.15, 0.2) is 11.5 Å². The van der Waals surface area contributed by atoms with Crippen molar-refractivity contribution in [2.75, 3.05) is 25.5 Å². The van der Waals surface area contributed by atoms with Crippen LogP contribution in [-0.2, 0) is 16.0 Å². The van der Waals surface area contributed by atoms with Gasteiger partial charge in [0.25, 0.3) is 0 Å². The van der Waals surface area contributed by atoms with Gasteiger partial charge in [-0.25, -0.2) is 0 Å². The molecule has 0 atom stereocenters. The van der Waals surface area contributed by atoms with Crippen LogP contribution in [-0.4, -0.2) is 42.7 Å². The van der Waals surface area contributed by atoms with Gasteiger partial charge in [-0.2, -0.15) is 0 Å². The second-order valence-corrected chi connectivity index (χ2v) is 7.98. The standard InChI is InChI=1S/C27H30N2O5/c1-6-29(7-2)25(32)14-17(3)20-10-13-23-22(16-20)26(27(34-23)18(4)30)28-24(31)15-19-8-11-21(33-5)12-9-19/h8-14,16H,6-7,15H2,1-5H3,(H,28,31). The van der Waals surface area contributed by atoms with Crippen molar-refractivity contribution in [2.24, 2.45) is 0 Å². The third-order valence-electron chi connectivity index (χ3n) is 5.67. The molecule has 0 saturated carbocycles. The Bertz CT molecular complexity index is 1230. The summed E-state index contributed by atoms with van der Waals surface area (Å²) in [7, 11) is 1.58. The molecule has 0 radical (unpaired) electrons. The highest BCUT2D eigenvalue weighted by atomic mass is 16.5. The number of ketones is 1. The number of likely N-dealkylation sites (N-methyl/N-ethyl adjacent to an activating group) is 1. The highest BCUT2D eigenvalue weighted by molar-refractivity contribution is 6.11. The summed E-state index contributed by atoms with van der Waals surface area (Å²) in [5, 5.41) is 3.46. The van der Waals surface area contributed by atoms with Crippen molar-refractivity contribution in [1.82, 2.24) is 4.90 Å². The number of nitrogens with one attached hydrogen (secondary N) is 1. The Kier molecular flexibility index (Phi) is 7.89. The number of nitrogens with zero attached hydrogens (tertiary/aromatic N) is 1. The predicted molar refractivity (Wildman–Crippen MR) is 133 cm³/mol. The normalized spacial score (nSPS) is 11.4. The second-order valence-electron chi connectivity index (χ2n) is 7.98. The van der Waals surface area contributed by atoms with E-state index < -0.39 is 0 Å². The number of methoxy groups -OCH3 is 1. The number of carbonyl (C=O) groups is 3. The van der Waals surface area contributed by atoms with E-state index in [1.165, 1.54) is 6.92 Å². The van der Waals surface area contributed by atoms with Crippen LogP contribution in [0.5, 0.6) is 5.75 Å². The van der Waals surface area contributed by atoms with E-state index in [2.05, 4.69) is 5.32 Å². The van der Waals surface area contributed by atoms with Crippen molar-refractivity contribution in [3.63, 3.8) is 0 Å². The largest absolute Gasteiger partial charge is 0.497 e. The molecule has 0 unspecified atom stereocenters. The van der Waals surface area contributed by atoms with Crippen LogP contribution < -0.4 is 10.1 Å². The highest BCUT2D eigenvalue weighted by Gasteiger charge is 2.21. The Morgan fingerprint density at radius 2 is 1.71 bits per heavy atom. The van der Waals surface area contributed by atoms with Crippen molar-refractivity contribution < 1.29 is 23.5 Å². The fraction of sp³-hybridized carbons (Fsp3) is 0.296. The van der Waals surface area contributed by atoms with Gasteiger partial charge in [-0.15, -0.1) is 0 Å². The molecule has 178 valence electrons. The molecule has 3 rings (SSSR count). The summed E-state index contributed by atoms with van der Waals surface area (Å²) in [5.41, 5.74) is 3.21. The molecular weight excluding hydrogens is 432 g/mol. The number of hydrogen-bond donors (Lipinski definition) is 1. The zero-order chi connectivity index (χ0) is 24.8. The number of furan rings is 1. The molecule has 2 amide bonds. The molecule has 7 nitrogen and oxygen atoms in total. The van der Waals surface area contributed by atoms with Crippen LogP contribution in [0.4, 0.5) is 5.69 Å². The second kappa shape index (κ2) is 10.8. The first-order chi connectivity index (χ1) is 16.3. The molecule has 2 aromatic carbocycles. The van der Waals surface area contributed by atoms with Gasteiger partial charge in [0.1, 0.15) is 11.3 Å². The van der Waals surface area contributed by atoms with Crippen molar-refractivity contribution >= 4 is 39.8 Å². The first-order valence-corrected chi connectivity index (χ1v) is 11.2. The van der Waals surface area contributed by atoms with Crippen LogP contribution in [0.1, 0.15) is 49.4 Å². The molecule has 0 saturated heterocycles. The van der Waals surface area contributed by atoms with Crippen molar-refractivity contribution in [1.29, 1.82) is 0 Å². The molecular formula is C27H30N2O5. The van der Waals surface area contributed by atoms with Crippen LogP contribution in [0, 0.1) is 0 Å². The summed E-state index contributed by atoms with van der Waals surface area (Å²) in [6, 6.07) is 12.6. The monoisotopic (exact) mass is 462 g/mol. The molecule has 0 fully saturated rings. The molecule has 0 spiro atoms. The Hall–Kier alpha value is -3.87. The molecule has 1 N–H and O–H groups in total. The first kappa shape index (κ1) is 24.8. The average Bonchev–Trinajstić information content (AvgIpc) is 3.18. The number of allylic oxidation sites excluding steroid dienone is 1. The maximum absolute atomic E-state index is 12.8. The third-order valence-corrected chi connectivity index (χ3v) is 5.67. The maximum atomic E-state index is 12.8. The molecule has 0 aliphatic heterocycles. The van der Waals surface area contributed by atoms with E-state index in [1.54, 1.807) is 36.3 Å². The van der Waals surface area contributed by atoms with Gasteiger partial charge in [0.05, 0.1) is 19.2 Å². The third kappa shape index (κ3) is 5.54. The summed E-state index contributed by atoms with van der Waals surface area (Å²) in [6.07, 6.45) is 1.73. The number of anilines is 1. The lowest BCUT2D eigenvalue weighted by atomic mass is 10.0. The quantitative estimate of drug-likeness (QED) is 0.353. The first-order valence-electron chi connectivity index (χ1n) is 11.2. The number of carbonyl (C=O) groups excluding carboxylic acids is 3. The number of hydrogen-bond acceptors (Lipinski definition) is 5. The fourth-order valence-corrected chi connectivity index (χ4v) is 3.72. The minimum absolute atomic E-state index is 0.0627.